The summed E-state index contributed by atoms with van der Waals surface area (Å²) in [5.74, 6) is 0. The second-order valence-corrected chi connectivity index (χ2v) is 3.74. The Hall–Kier alpha value is -0.900. The lowest BCUT2D eigenvalue weighted by molar-refractivity contribution is 0.845. The molecule has 0 atom stereocenters. The van der Waals surface area contributed by atoms with E-state index in [1.165, 1.54) is 0 Å². The largest absolute Gasteiger partial charge is 0.382 e. The molecule has 1 aromatic rings. The Bertz CT molecular complexity index is 379. The van der Waals surface area contributed by atoms with Crippen molar-refractivity contribution in [3.05, 3.63) is 14.7 Å². The van der Waals surface area contributed by atoms with Crippen LogP contribution in [0.3, 0.4) is 0 Å². The molecule has 0 aromatic heterocycles. The topological polar surface area (TPSA) is 32.3 Å². The zero-order chi connectivity index (χ0) is 10.7. The summed E-state index contributed by atoms with van der Waals surface area (Å²) in [7, 11) is 1.93. The average molecular weight is 212 g/mol. The van der Waals surface area contributed by atoms with E-state index < -0.39 is 0 Å². The fourth-order valence-electron chi connectivity index (χ4n) is 1.53. The number of hydrogen-bond acceptors (Lipinski definition) is 4. The Kier molecular flexibility index (Phi) is 3.63. The first-order chi connectivity index (χ1) is 6.63. The van der Waals surface area contributed by atoms with Crippen LogP contribution in [0.15, 0.2) is 4.79 Å². The third-order valence-electron chi connectivity index (χ3n) is 2.18. The Morgan fingerprint density at radius 3 is 2.57 bits per heavy atom. The van der Waals surface area contributed by atoms with E-state index in [1.807, 2.05) is 18.9 Å². The molecule has 0 saturated carbocycles. The third kappa shape index (κ3) is 1.80. The molecule has 0 aliphatic carbocycles. The average Bonchev–Trinajstić information content (AvgIpc) is 2.17. The molecule has 4 heteroatoms. The van der Waals surface area contributed by atoms with Gasteiger partial charge in [-0.05, 0) is 13.3 Å². The van der Waals surface area contributed by atoms with Gasteiger partial charge in [-0.3, -0.25) is 4.79 Å². The summed E-state index contributed by atoms with van der Waals surface area (Å²) in [6.07, 6.45) is 1.03. The van der Waals surface area contributed by atoms with Crippen molar-refractivity contribution < 1.29 is 0 Å². The molecule has 0 spiro atoms. The smallest absolute Gasteiger partial charge is 0.224 e. The third-order valence-corrected chi connectivity index (χ3v) is 2.57. The minimum absolute atomic E-state index is 0.00639. The maximum atomic E-state index is 11.5. The predicted octanol–water partition coefficient (Wildman–Crippen LogP) is 1.93. The summed E-state index contributed by atoms with van der Waals surface area (Å²) >= 11 is 4.98. The Morgan fingerprint density at radius 1 is 1.43 bits per heavy atom. The number of rotatable bonds is 5. The van der Waals surface area contributed by atoms with Gasteiger partial charge in [0.1, 0.15) is 10.2 Å². The highest BCUT2D eigenvalue weighted by Gasteiger charge is 2.19. The van der Waals surface area contributed by atoms with Gasteiger partial charge in [0, 0.05) is 20.1 Å². The number of anilines is 2. The van der Waals surface area contributed by atoms with Crippen LogP contribution in [0, 0.1) is 4.51 Å². The molecule has 0 aliphatic heterocycles. The molecule has 0 heterocycles. The molecule has 1 N–H and O–H groups in total. The van der Waals surface area contributed by atoms with Crippen LogP contribution in [0.4, 0.5) is 11.4 Å². The maximum absolute atomic E-state index is 11.5. The van der Waals surface area contributed by atoms with Gasteiger partial charge in [0.15, 0.2) is 0 Å². The molecule has 0 radical (unpaired) electrons. The van der Waals surface area contributed by atoms with Crippen LogP contribution >= 0.6 is 12.2 Å². The van der Waals surface area contributed by atoms with Gasteiger partial charge in [-0.25, -0.2) is 0 Å². The van der Waals surface area contributed by atoms with E-state index in [9.17, 15) is 4.79 Å². The zero-order valence-electron chi connectivity index (χ0n) is 8.89. The van der Waals surface area contributed by atoms with E-state index in [0.717, 1.165) is 30.9 Å². The lowest BCUT2D eigenvalue weighted by atomic mass is 10.2. The van der Waals surface area contributed by atoms with E-state index in [-0.39, 0.29) is 5.43 Å². The summed E-state index contributed by atoms with van der Waals surface area (Å²) in [4.78, 5) is 13.5. The van der Waals surface area contributed by atoms with Gasteiger partial charge < -0.3 is 10.2 Å². The molecule has 1 rings (SSSR count). The van der Waals surface area contributed by atoms with Crippen LogP contribution in [-0.2, 0) is 0 Å². The van der Waals surface area contributed by atoms with Crippen molar-refractivity contribution in [1.29, 1.82) is 0 Å². The van der Waals surface area contributed by atoms with Crippen LogP contribution in [-0.4, -0.2) is 20.1 Å². The monoisotopic (exact) mass is 212 g/mol. The summed E-state index contributed by atoms with van der Waals surface area (Å²) < 4.78 is 0.449. The summed E-state index contributed by atoms with van der Waals surface area (Å²) in [5, 5.41) is 3.13. The molecule has 0 aliphatic rings. The number of hydrogen-bond donors (Lipinski definition) is 1. The van der Waals surface area contributed by atoms with Crippen LogP contribution in [0.25, 0.3) is 0 Å². The van der Waals surface area contributed by atoms with Crippen molar-refractivity contribution in [2.45, 2.75) is 20.3 Å². The molecule has 0 bridgehead atoms. The fraction of sp³-hybridized carbons (Fsp3) is 0.600. The van der Waals surface area contributed by atoms with Crippen LogP contribution in [0.1, 0.15) is 20.3 Å². The van der Waals surface area contributed by atoms with E-state index in [0.29, 0.717) is 4.51 Å². The van der Waals surface area contributed by atoms with E-state index >= 15 is 0 Å². The molecule has 0 amide bonds. The first-order valence-electron chi connectivity index (χ1n) is 4.91. The standard InChI is InChI=1S/C10H16N2OS/c1-4-6-12(3)8-7(11-5-2)10(14)9(8)13/h11H,4-6H2,1-3H3. The molecule has 78 valence electrons. The van der Waals surface area contributed by atoms with Gasteiger partial charge in [0.2, 0.25) is 5.43 Å². The van der Waals surface area contributed by atoms with E-state index in [2.05, 4.69) is 12.2 Å². The second-order valence-electron chi connectivity index (χ2n) is 3.33. The van der Waals surface area contributed by atoms with Crippen molar-refractivity contribution in [3.8, 4) is 0 Å². The molecular weight excluding hydrogens is 196 g/mol. The van der Waals surface area contributed by atoms with Gasteiger partial charge in [0.25, 0.3) is 0 Å². The van der Waals surface area contributed by atoms with Crippen molar-refractivity contribution in [1.82, 2.24) is 0 Å². The van der Waals surface area contributed by atoms with E-state index in [4.69, 9.17) is 12.2 Å². The highest BCUT2D eigenvalue weighted by Crippen LogP contribution is 2.25. The SMILES string of the molecule is CCCN(C)c1c(NCC)c(=S)c1=O. The molecule has 14 heavy (non-hydrogen) atoms. The maximum Gasteiger partial charge on any atom is 0.224 e. The van der Waals surface area contributed by atoms with Gasteiger partial charge in [-0.1, -0.05) is 19.1 Å². The second kappa shape index (κ2) is 4.55. The highest BCUT2D eigenvalue weighted by atomic mass is 32.1. The normalized spacial score (nSPS) is 10.5. The Morgan fingerprint density at radius 2 is 2.07 bits per heavy atom. The van der Waals surface area contributed by atoms with Crippen LogP contribution < -0.4 is 15.6 Å². The summed E-state index contributed by atoms with van der Waals surface area (Å²) in [5.41, 5.74) is 1.61. The van der Waals surface area contributed by atoms with Crippen molar-refractivity contribution in [3.63, 3.8) is 0 Å². The first kappa shape index (κ1) is 11.2. The van der Waals surface area contributed by atoms with Gasteiger partial charge in [-0.2, -0.15) is 0 Å². The predicted molar refractivity (Wildman–Crippen MR) is 63.6 cm³/mol. The molecule has 1 aromatic carbocycles. The summed E-state index contributed by atoms with van der Waals surface area (Å²) in [6, 6.07) is 0. The van der Waals surface area contributed by atoms with Gasteiger partial charge in [0.05, 0.1) is 5.69 Å². The van der Waals surface area contributed by atoms with Crippen molar-refractivity contribution >= 4 is 23.6 Å². The van der Waals surface area contributed by atoms with Gasteiger partial charge >= 0.3 is 0 Å². The molecule has 0 unspecified atom stereocenters. The fourth-order valence-corrected chi connectivity index (χ4v) is 1.80. The van der Waals surface area contributed by atoms with Crippen molar-refractivity contribution in [2.75, 3.05) is 30.4 Å². The molecule has 0 saturated heterocycles. The van der Waals surface area contributed by atoms with E-state index in [1.54, 1.807) is 0 Å². The Labute approximate surface area is 89.4 Å². The molecule has 0 fully saturated rings. The zero-order valence-corrected chi connectivity index (χ0v) is 9.70. The van der Waals surface area contributed by atoms with Crippen LogP contribution in [0.5, 0.6) is 0 Å². The van der Waals surface area contributed by atoms with Gasteiger partial charge in [-0.15, -0.1) is 0 Å². The lowest BCUT2D eigenvalue weighted by Gasteiger charge is -2.23. The molecular formula is C10H16N2OS. The minimum atomic E-state index is 0.00639. The minimum Gasteiger partial charge on any atom is -0.382 e. The number of nitrogens with zero attached hydrogens (tertiary/aromatic N) is 1. The molecule has 3 nitrogen and oxygen atoms in total. The highest BCUT2D eigenvalue weighted by molar-refractivity contribution is 7.71. The van der Waals surface area contributed by atoms with Crippen LogP contribution in [0.2, 0.25) is 0 Å². The van der Waals surface area contributed by atoms with Crippen molar-refractivity contribution in [2.24, 2.45) is 0 Å². The lowest BCUT2D eigenvalue weighted by Crippen LogP contribution is -2.30. The summed E-state index contributed by atoms with van der Waals surface area (Å²) in [6.45, 7) is 5.77. The first-order valence-corrected chi connectivity index (χ1v) is 5.32. The number of nitrogens with one attached hydrogen (secondary N) is 1. The Balaban J connectivity index is 2.92. The quantitative estimate of drug-likeness (QED) is 0.756.